The van der Waals surface area contributed by atoms with E-state index in [0.717, 1.165) is 25.7 Å². The Morgan fingerprint density at radius 3 is 1.85 bits per heavy atom. The van der Waals surface area contributed by atoms with Crippen molar-refractivity contribution < 1.29 is 9.90 Å². The van der Waals surface area contributed by atoms with Crippen molar-refractivity contribution in [3.63, 3.8) is 0 Å². The third-order valence-electron chi connectivity index (χ3n) is 3.36. The molecule has 0 unspecified atom stereocenters. The third-order valence-corrected chi connectivity index (χ3v) is 3.36. The Morgan fingerprint density at radius 2 is 1.30 bits per heavy atom. The summed E-state index contributed by atoms with van der Waals surface area (Å²) in [5.41, 5.74) is 0. The lowest BCUT2D eigenvalue weighted by Gasteiger charge is -2.01. The minimum absolute atomic E-state index is 0.216. The number of hydrogen-bond donors (Lipinski definition) is 0. The zero-order chi connectivity index (χ0) is 14.9. The topological polar surface area (TPSA) is 40.1 Å². The summed E-state index contributed by atoms with van der Waals surface area (Å²) in [6, 6.07) is 0. The van der Waals surface area contributed by atoms with Crippen molar-refractivity contribution in [3.05, 3.63) is 24.3 Å². The first-order chi connectivity index (χ1) is 9.77. The minimum Gasteiger partial charge on any atom is -0.550 e. The number of carbonyl (C=O) groups is 1. The molecule has 0 aromatic heterocycles. The van der Waals surface area contributed by atoms with Gasteiger partial charge in [-0.3, -0.25) is 0 Å². The van der Waals surface area contributed by atoms with Gasteiger partial charge in [0, 0.05) is 5.97 Å². The van der Waals surface area contributed by atoms with Crippen molar-refractivity contribution in [3.8, 4) is 0 Å². The molecule has 0 saturated carbocycles. The van der Waals surface area contributed by atoms with E-state index >= 15 is 0 Å². The summed E-state index contributed by atoms with van der Waals surface area (Å²) in [4.78, 5) is 10.2. The van der Waals surface area contributed by atoms with E-state index in [1.54, 1.807) is 0 Å². The lowest BCUT2D eigenvalue weighted by molar-refractivity contribution is -0.305. The Kier molecular flexibility index (Phi) is 15.2. The molecule has 0 amide bonds. The van der Waals surface area contributed by atoms with E-state index in [4.69, 9.17) is 0 Å². The summed E-state index contributed by atoms with van der Waals surface area (Å²) in [5.74, 6) is -0.919. The summed E-state index contributed by atoms with van der Waals surface area (Å²) in [6.07, 6.45) is 21.9. The number of carbonyl (C=O) groups excluding carboxylic acids is 1. The molecule has 0 spiro atoms. The molecule has 2 nitrogen and oxygen atoms in total. The number of unbranched alkanes of at least 4 members (excludes halogenated alkanes) is 9. The normalized spacial score (nSPS) is 11.7. The maximum atomic E-state index is 10.2. The van der Waals surface area contributed by atoms with Crippen LogP contribution < -0.4 is 5.11 Å². The predicted octanol–water partition coefficient (Wildman–Crippen LogP) is 4.55. The SMILES string of the molecule is CCCCC/C=C\C=C/CCCCCCCCC(=O)[O-]. The molecule has 0 saturated heterocycles. The van der Waals surface area contributed by atoms with Crippen LogP contribution in [-0.2, 0) is 4.79 Å². The molecule has 0 aliphatic carbocycles. The fraction of sp³-hybridized carbons (Fsp3) is 0.722. The highest BCUT2D eigenvalue weighted by Gasteiger charge is 1.91. The summed E-state index contributed by atoms with van der Waals surface area (Å²) in [7, 11) is 0. The Bertz CT molecular complexity index is 267. The zero-order valence-corrected chi connectivity index (χ0v) is 13.1. The summed E-state index contributed by atoms with van der Waals surface area (Å²) in [6.45, 7) is 2.23. The van der Waals surface area contributed by atoms with Crippen LogP contribution in [0.4, 0.5) is 0 Å². The zero-order valence-electron chi connectivity index (χ0n) is 13.1. The van der Waals surface area contributed by atoms with Crippen molar-refractivity contribution in [1.82, 2.24) is 0 Å². The Morgan fingerprint density at radius 1 is 0.800 bits per heavy atom. The first-order valence-corrected chi connectivity index (χ1v) is 8.29. The Hall–Kier alpha value is -1.05. The van der Waals surface area contributed by atoms with E-state index < -0.39 is 5.97 Å². The first-order valence-electron chi connectivity index (χ1n) is 8.29. The number of rotatable bonds is 14. The van der Waals surface area contributed by atoms with Crippen LogP contribution >= 0.6 is 0 Å². The molecule has 0 aromatic carbocycles. The van der Waals surface area contributed by atoms with Gasteiger partial charge in [0.25, 0.3) is 0 Å². The van der Waals surface area contributed by atoms with Gasteiger partial charge >= 0.3 is 0 Å². The fourth-order valence-corrected chi connectivity index (χ4v) is 2.10. The van der Waals surface area contributed by atoms with Crippen molar-refractivity contribution in [1.29, 1.82) is 0 Å². The molecular weight excluding hydrogens is 248 g/mol. The number of carboxylic acid groups (broad SMARTS) is 1. The highest BCUT2D eigenvalue weighted by atomic mass is 16.4. The second kappa shape index (κ2) is 16.0. The van der Waals surface area contributed by atoms with Gasteiger partial charge in [0.2, 0.25) is 0 Å². The molecule has 20 heavy (non-hydrogen) atoms. The van der Waals surface area contributed by atoms with E-state index in [0.29, 0.717) is 0 Å². The van der Waals surface area contributed by atoms with Gasteiger partial charge in [0.15, 0.2) is 0 Å². The molecule has 0 rings (SSSR count). The number of carboxylic acids is 1. The van der Waals surface area contributed by atoms with Gasteiger partial charge < -0.3 is 9.90 Å². The van der Waals surface area contributed by atoms with Crippen LogP contribution in [0.1, 0.15) is 84.0 Å². The van der Waals surface area contributed by atoms with Crippen LogP contribution in [0.25, 0.3) is 0 Å². The van der Waals surface area contributed by atoms with Crippen LogP contribution in [0.2, 0.25) is 0 Å². The number of allylic oxidation sites excluding steroid dienone is 4. The molecule has 0 N–H and O–H groups in total. The maximum absolute atomic E-state index is 10.2. The average molecular weight is 279 g/mol. The molecule has 0 aliphatic rings. The van der Waals surface area contributed by atoms with E-state index in [9.17, 15) is 9.90 Å². The molecule has 0 atom stereocenters. The maximum Gasteiger partial charge on any atom is 0.0414 e. The van der Waals surface area contributed by atoms with Crippen LogP contribution in [0.3, 0.4) is 0 Å². The van der Waals surface area contributed by atoms with Gasteiger partial charge in [-0.05, 0) is 38.5 Å². The molecule has 0 radical (unpaired) electrons. The van der Waals surface area contributed by atoms with Gasteiger partial charge in [-0.1, -0.05) is 69.8 Å². The molecule has 116 valence electrons. The van der Waals surface area contributed by atoms with Crippen LogP contribution in [0.15, 0.2) is 24.3 Å². The second-order valence-corrected chi connectivity index (χ2v) is 5.38. The quantitative estimate of drug-likeness (QED) is 0.346. The average Bonchev–Trinajstić information content (AvgIpc) is 2.43. The van der Waals surface area contributed by atoms with Gasteiger partial charge in [0.1, 0.15) is 0 Å². The van der Waals surface area contributed by atoms with E-state index in [1.165, 1.54) is 44.9 Å². The van der Waals surface area contributed by atoms with Gasteiger partial charge in [-0.2, -0.15) is 0 Å². The molecule has 0 fully saturated rings. The van der Waals surface area contributed by atoms with Crippen molar-refractivity contribution in [2.75, 3.05) is 0 Å². The number of hydrogen-bond acceptors (Lipinski definition) is 2. The molecule has 0 bridgehead atoms. The standard InChI is InChI=1S/C18H32O2/c1-2-3-4-5-6-7-8-9-10-11-12-13-14-15-16-17-18(19)20/h6-9H,2-5,10-17H2,1H3,(H,19,20)/p-1/b7-6-,9-8-. The van der Waals surface area contributed by atoms with Crippen LogP contribution in [-0.4, -0.2) is 5.97 Å². The van der Waals surface area contributed by atoms with E-state index in [1.807, 2.05) is 0 Å². The van der Waals surface area contributed by atoms with Gasteiger partial charge in [0.05, 0.1) is 0 Å². The monoisotopic (exact) mass is 279 g/mol. The fourth-order valence-electron chi connectivity index (χ4n) is 2.10. The predicted molar refractivity (Wildman–Crippen MR) is 84.4 cm³/mol. The number of aliphatic carboxylic acids is 1. The van der Waals surface area contributed by atoms with Crippen molar-refractivity contribution in [2.24, 2.45) is 0 Å². The molecule has 0 aromatic rings. The summed E-state index contributed by atoms with van der Waals surface area (Å²) >= 11 is 0. The van der Waals surface area contributed by atoms with Gasteiger partial charge in [-0.25, -0.2) is 0 Å². The molecular formula is C18H31O2-. The third kappa shape index (κ3) is 16.9. The molecule has 0 aliphatic heterocycles. The molecule has 0 heterocycles. The lowest BCUT2D eigenvalue weighted by Crippen LogP contribution is -2.21. The van der Waals surface area contributed by atoms with E-state index in [-0.39, 0.29) is 6.42 Å². The summed E-state index contributed by atoms with van der Waals surface area (Å²) < 4.78 is 0. The van der Waals surface area contributed by atoms with Gasteiger partial charge in [-0.15, -0.1) is 0 Å². The molecule has 2 heteroatoms. The van der Waals surface area contributed by atoms with Crippen molar-refractivity contribution in [2.45, 2.75) is 84.0 Å². The van der Waals surface area contributed by atoms with Crippen LogP contribution in [0.5, 0.6) is 0 Å². The van der Waals surface area contributed by atoms with E-state index in [2.05, 4.69) is 31.2 Å². The highest BCUT2D eigenvalue weighted by Crippen LogP contribution is 2.08. The minimum atomic E-state index is -0.919. The highest BCUT2D eigenvalue weighted by molar-refractivity contribution is 5.63. The summed E-state index contributed by atoms with van der Waals surface area (Å²) in [5, 5.41) is 10.2. The lowest BCUT2D eigenvalue weighted by atomic mass is 10.1. The largest absolute Gasteiger partial charge is 0.550 e. The van der Waals surface area contributed by atoms with Crippen LogP contribution in [0, 0.1) is 0 Å². The first kappa shape index (κ1) is 18.9. The Labute approximate surface area is 125 Å². The smallest absolute Gasteiger partial charge is 0.0414 e. The second-order valence-electron chi connectivity index (χ2n) is 5.38. The van der Waals surface area contributed by atoms with Crippen molar-refractivity contribution >= 4 is 5.97 Å². The Balaban J connectivity index is 3.17.